The normalized spacial score (nSPS) is 15.1. The van der Waals surface area contributed by atoms with Gasteiger partial charge in [0, 0.05) is 31.7 Å². The zero-order valence-electron chi connectivity index (χ0n) is 14.5. The van der Waals surface area contributed by atoms with E-state index in [9.17, 15) is 15.0 Å². The standard InChI is InChI=1S/C18H26N2O4/c1-18(2,3)24-17(23)20-9-7-13(8-10-20)11-19-12-14-5-4-6-15(21)16(14)22/h4-7,19,21-22H,8-12H2,1-3H3. The molecule has 0 saturated carbocycles. The van der Waals surface area contributed by atoms with Gasteiger partial charge in [0.05, 0.1) is 0 Å². The maximum atomic E-state index is 12.0. The number of benzene rings is 1. The minimum absolute atomic E-state index is 0.0845. The highest BCUT2D eigenvalue weighted by Crippen LogP contribution is 2.27. The number of carbonyl (C=O) groups is 1. The molecule has 1 aromatic rings. The van der Waals surface area contributed by atoms with Crippen molar-refractivity contribution in [2.24, 2.45) is 0 Å². The first kappa shape index (κ1) is 18.1. The summed E-state index contributed by atoms with van der Waals surface area (Å²) in [6, 6.07) is 4.92. The lowest BCUT2D eigenvalue weighted by Gasteiger charge is -2.29. The molecule has 24 heavy (non-hydrogen) atoms. The van der Waals surface area contributed by atoms with Crippen molar-refractivity contribution < 1.29 is 19.7 Å². The third kappa shape index (κ3) is 5.16. The van der Waals surface area contributed by atoms with Gasteiger partial charge in [-0.15, -0.1) is 0 Å². The second kappa shape index (κ2) is 7.57. The van der Waals surface area contributed by atoms with Crippen LogP contribution < -0.4 is 5.32 Å². The van der Waals surface area contributed by atoms with Gasteiger partial charge in [-0.3, -0.25) is 0 Å². The highest BCUT2D eigenvalue weighted by Gasteiger charge is 2.23. The van der Waals surface area contributed by atoms with Crippen molar-refractivity contribution in [3.05, 3.63) is 35.4 Å². The quantitative estimate of drug-likeness (QED) is 0.583. The van der Waals surface area contributed by atoms with Gasteiger partial charge in [0.15, 0.2) is 11.5 Å². The van der Waals surface area contributed by atoms with Gasteiger partial charge in [0.2, 0.25) is 0 Å². The summed E-state index contributed by atoms with van der Waals surface area (Å²) in [5.41, 5.74) is 1.39. The molecule has 1 heterocycles. The van der Waals surface area contributed by atoms with Gasteiger partial charge in [-0.2, -0.15) is 0 Å². The predicted molar refractivity (Wildman–Crippen MR) is 92.0 cm³/mol. The number of phenols is 2. The van der Waals surface area contributed by atoms with Crippen LogP contribution in [0.1, 0.15) is 32.8 Å². The minimum Gasteiger partial charge on any atom is -0.504 e. The average Bonchev–Trinajstić information content (AvgIpc) is 2.50. The monoisotopic (exact) mass is 334 g/mol. The molecule has 0 bridgehead atoms. The SMILES string of the molecule is CC(C)(C)OC(=O)N1CC=C(CNCc2cccc(O)c2O)CC1. The highest BCUT2D eigenvalue weighted by atomic mass is 16.6. The van der Waals surface area contributed by atoms with Crippen molar-refractivity contribution in [3.8, 4) is 11.5 Å². The molecule has 0 spiro atoms. The zero-order chi connectivity index (χ0) is 17.7. The molecule has 0 saturated heterocycles. The van der Waals surface area contributed by atoms with Gasteiger partial charge in [-0.25, -0.2) is 4.79 Å². The fraction of sp³-hybridized carbons (Fsp3) is 0.500. The number of para-hydroxylation sites is 1. The van der Waals surface area contributed by atoms with E-state index >= 15 is 0 Å². The number of nitrogens with one attached hydrogen (secondary N) is 1. The number of aromatic hydroxyl groups is 2. The smallest absolute Gasteiger partial charge is 0.410 e. The van der Waals surface area contributed by atoms with Gasteiger partial charge in [0.25, 0.3) is 0 Å². The number of amides is 1. The predicted octanol–water partition coefficient (Wildman–Crippen LogP) is 2.75. The molecular formula is C18H26N2O4. The van der Waals surface area contributed by atoms with E-state index in [4.69, 9.17) is 4.74 Å². The maximum Gasteiger partial charge on any atom is 0.410 e. The summed E-state index contributed by atoms with van der Waals surface area (Å²) in [6.45, 7) is 7.90. The van der Waals surface area contributed by atoms with Gasteiger partial charge < -0.3 is 25.2 Å². The number of hydrogen-bond donors (Lipinski definition) is 3. The zero-order valence-corrected chi connectivity index (χ0v) is 14.5. The van der Waals surface area contributed by atoms with Gasteiger partial charge in [-0.1, -0.05) is 23.8 Å². The van der Waals surface area contributed by atoms with Crippen LogP contribution in [0.25, 0.3) is 0 Å². The molecule has 3 N–H and O–H groups in total. The van der Waals surface area contributed by atoms with Crippen molar-refractivity contribution in [1.29, 1.82) is 0 Å². The fourth-order valence-electron chi connectivity index (χ4n) is 2.44. The molecule has 1 aliphatic rings. The molecule has 6 nitrogen and oxygen atoms in total. The number of carbonyl (C=O) groups excluding carboxylic acids is 1. The van der Waals surface area contributed by atoms with E-state index in [-0.39, 0.29) is 17.6 Å². The van der Waals surface area contributed by atoms with Crippen LogP contribution in [0.5, 0.6) is 11.5 Å². The fourth-order valence-corrected chi connectivity index (χ4v) is 2.44. The molecule has 1 amide bonds. The van der Waals surface area contributed by atoms with Crippen LogP contribution >= 0.6 is 0 Å². The molecule has 2 rings (SSSR count). The summed E-state index contributed by atoms with van der Waals surface area (Å²) in [5.74, 6) is -0.196. The average molecular weight is 334 g/mol. The maximum absolute atomic E-state index is 12.0. The Morgan fingerprint density at radius 3 is 2.67 bits per heavy atom. The third-order valence-corrected chi connectivity index (χ3v) is 3.72. The van der Waals surface area contributed by atoms with Crippen molar-refractivity contribution in [3.63, 3.8) is 0 Å². The first-order chi connectivity index (χ1) is 11.3. The molecule has 0 aromatic heterocycles. The lowest BCUT2D eigenvalue weighted by Crippen LogP contribution is -2.39. The summed E-state index contributed by atoms with van der Waals surface area (Å²) in [6.07, 6.45) is 2.54. The van der Waals surface area contributed by atoms with Crippen LogP contribution in [0.2, 0.25) is 0 Å². The number of ether oxygens (including phenoxy) is 1. The Kier molecular flexibility index (Phi) is 5.72. The Labute approximate surface area is 142 Å². The molecule has 0 atom stereocenters. The summed E-state index contributed by atoms with van der Waals surface area (Å²) < 4.78 is 5.37. The Balaban J connectivity index is 1.79. The third-order valence-electron chi connectivity index (χ3n) is 3.72. The second-order valence-electron chi connectivity index (χ2n) is 6.93. The van der Waals surface area contributed by atoms with Crippen LogP contribution in [0.15, 0.2) is 29.8 Å². The first-order valence-corrected chi connectivity index (χ1v) is 8.12. The lowest BCUT2D eigenvalue weighted by atomic mass is 10.1. The van der Waals surface area contributed by atoms with Crippen molar-refractivity contribution in [1.82, 2.24) is 10.2 Å². The molecule has 0 fully saturated rings. The van der Waals surface area contributed by atoms with E-state index in [0.717, 1.165) is 6.42 Å². The molecule has 0 unspecified atom stereocenters. The van der Waals surface area contributed by atoms with Crippen LogP contribution in [0, 0.1) is 0 Å². The Morgan fingerprint density at radius 2 is 2.04 bits per heavy atom. The minimum atomic E-state index is -0.480. The number of rotatable bonds is 4. The molecule has 1 aliphatic heterocycles. The molecular weight excluding hydrogens is 308 g/mol. The summed E-state index contributed by atoms with van der Waals surface area (Å²) in [4.78, 5) is 13.7. The molecule has 0 aliphatic carbocycles. The summed E-state index contributed by atoms with van der Waals surface area (Å²) in [5, 5.41) is 22.5. The largest absolute Gasteiger partial charge is 0.504 e. The molecule has 1 aromatic carbocycles. The van der Waals surface area contributed by atoms with E-state index in [2.05, 4.69) is 5.32 Å². The Hall–Kier alpha value is -2.21. The molecule has 132 valence electrons. The topological polar surface area (TPSA) is 82.0 Å². The number of phenolic OH excluding ortho intramolecular Hbond substituents is 2. The van der Waals surface area contributed by atoms with E-state index in [1.165, 1.54) is 11.6 Å². The summed E-state index contributed by atoms with van der Waals surface area (Å²) in [7, 11) is 0. The van der Waals surface area contributed by atoms with Crippen molar-refractivity contribution in [2.75, 3.05) is 19.6 Å². The van der Waals surface area contributed by atoms with E-state index in [1.807, 2.05) is 26.8 Å². The van der Waals surface area contributed by atoms with E-state index in [0.29, 0.717) is 31.7 Å². The molecule has 0 radical (unpaired) electrons. The number of hydrogen-bond acceptors (Lipinski definition) is 5. The molecule has 6 heteroatoms. The van der Waals surface area contributed by atoms with Gasteiger partial charge >= 0.3 is 6.09 Å². The lowest BCUT2D eigenvalue weighted by molar-refractivity contribution is 0.0265. The van der Waals surface area contributed by atoms with Crippen LogP contribution in [-0.4, -0.2) is 46.4 Å². The van der Waals surface area contributed by atoms with Gasteiger partial charge in [-0.05, 0) is 33.3 Å². The van der Waals surface area contributed by atoms with E-state index in [1.54, 1.807) is 17.0 Å². The van der Waals surface area contributed by atoms with Crippen LogP contribution in [0.4, 0.5) is 4.79 Å². The van der Waals surface area contributed by atoms with Crippen molar-refractivity contribution >= 4 is 6.09 Å². The van der Waals surface area contributed by atoms with E-state index < -0.39 is 5.60 Å². The van der Waals surface area contributed by atoms with Crippen molar-refractivity contribution in [2.45, 2.75) is 39.3 Å². The van der Waals surface area contributed by atoms with Crippen LogP contribution in [0.3, 0.4) is 0 Å². The van der Waals surface area contributed by atoms with Gasteiger partial charge in [0.1, 0.15) is 5.60 Å². The number of nitrogens with zero attached hydrogens (tertiary/aromatic N) is 1. The van der Waals surface area contributed by atoms with Crippen LogP contribution in [-0.2, 0) is 11.3 Å². The first-order valence-electron chi connectivity index (χ1n) is 8.12. The second-order valence-corrected chi connectivity index (χ2v) is 6.93. The highest BCUT2D eigenvalue weighted by molar-refractivity contribution is 5.68. The Bertz CT molecular complexity index is 620. The Morgan fingerprint density at radius 1 is 1.29 bits per heavy atom. The summed E-state index contributed by atoms with van der Waals surface area (Å²) >= 11 is 0.